The summed E-state index contributed by atoms with van der Waals surface area (Å²) in [6.45, 7) is 1.99. The van der Waals surface area contributed by atoms with Gasteiger partial charge in [-0.1, -0.05) is 6.08 Å². The minimum absolute atomic E-state index is 0. The molecular weight excluding hydrogens is 178 g/mol. The van der Waals surface area contributed by atoms with Crippen LogP contribution in [-0.4, -0.2) is 24.2 Å². The molecule has 70 valence electrons. The Morgan fingerprint density at radius 3 is 2.83 bits per heavy atom. The molecule has 0 aromatic carbocycles. The fraction of sp³-hybridized carbons (Fsp3) is 0.625. The van der Waals surface area contributed by atoms with Gasteiger partial charge in [-0.15, -0.1) is 12.4 Å². The number of carboxylic acids is 1. The van der Waals surface area contributed by atoms with Crippen LogP contribution in [-0.2, 0) is 4.79 Å². The highest BCUT2D eigenvalue weighted by atomic mass is 35.5. The Bertz CT molecular complexity index is 164. The van der Waals surface area contributed by atoms with Gasteiger partial charge in [0.25, 0.3) is 0 Å². The molecule has 0 aliphatic carbocycles. The molecule has 3 nitrogen and oxygen atoms in total. The Morgan fingerprint density at radius 2 is 2.33 bits per heavy atom. The van der Waals surface area contributed by atoms with Gasteiger partial charge in [-0.3, -0.25) is 0 Å². The van der Waals surface area contributed by atoms with E-state index in [0.29, 0.717) is 5.92 Å². The van der Waals surface area contributed by atoms with Crippen LogP contribution in [0.4, 0.5) is 0 Å². The summed E-state index contributed by atoms with van der Waals surface area (Å²) in [5.74, 6) is -0.435. The van der Waals surface area contributed by atoms with Gasteiger partial charge >= 0.3 is 5.97 Å². The largest absolute Gasteiger partial charge is 0.478 e. The number of rotatable bonds is 2. The molecule has 1 aliphatic rings. The molecule has 1 unspecified atom stereocenters. The molecule has 1 aliphatic heterocycles. The van der Waals surface area contributed by atoms with Crippen LogP contribution in [0.25, 0.3) is 0 Å². The minimum Gasteiger partial charge on any atom is -0.478 e. The Balaban J connectivity index is 0.00000121. The van der Waals surface area contributed by atoms with E-state index < -0.39 is 5.97 Å². The topological polar surface area (TPSA) is 49.3 Å². The van der Waals surface area contributed by atoms with Crippen molar-refractivity contribution in [2.45, 2.75) is 12.8 Å². The van der Waals surface area contributed by atoms with E-state index in [2.05, 4.69) is 5.32 Å². The van der Waals surface area contributed by atoms with Gasteiger partial charge in [0.1, 0.15) is 0 Å². The highest BCUT2D eigenvalue weighted by molar-refractivity contribution is 5.85. The van der Waals surface area contributed by atoms with Crippen LogP contribution in [0.3, 0.4) is 0 Å². The average Bonchev–Trinajstić information content (AvgIpc) is 2.03. The number of nitrogens with one attached hydrogen (secondary N) is 1. The number of piperidine rings is 1. The maximum Gasteiger partial charge on any atom is 0.327 e. The molecule has 0 radical (unpaired) electrons. The summed E-state index contributed by atoms with van der Waals surface area (Å²) in [6.07, 6.45) is 5.26. The zero-order chi connectivity index (χ0) is 8.10. The van der Waals surface area contributed by atoms with E-state index in [-0.39, 0.29) is 12.4 Å². The Kier molecular flexibility index (Phi) is 5.76. The van der Waals surface area contributed by atoms with Crippen molar-refractivity contribution in [3.8, 4) is 0 Å². The second-order valence-electron chi connectivity index (χ2n) is 2.80. The van der Waals surface area contributed by atoms with Gasteiger partial charge in [0, 0.05) is 12.6 Å². The van der Waals surface area contributed by atoms with E-state index in [1.54, 1.807) is 6.08 Å². The summed E-state index contributed by atoms with van der Waals surface area (Å²) in [5, 5.41) is 11.6. The molecule has 1 fully saturated rings. The van der Waals surface area contributed by atoms with Gasteiger partial charge < -0.3 is 10.4 Å². The summed E-state index contributed by atoms with van der Waals surface area (Å²) >= 11 is 0. The summed E-state index contributed by atoms with van der Waals surface area (Å²) in [7, 11) is 0. The predicted molar refractivity (Wildman–Crippen MR) is 49.6 cm³/mol. The third-order valence-corrected chi connectivity index (χ3v) is 1.85. The second-order valence-corrected chi connectivity index (χ2v) is 2.80. The van der Waals surface area contributed by atoms with Crippen molar-refractivity contribution in [1.29, 1.82) is 0 Å². The van der Waals surface area contributed by atoms with E-state index in [0.717, 1.165) is 25.9 Å². The Hall–Kier alpha value is -0.540. The van der Waals surface area contributed by atoms with Crippen LogP contribution >= 0.6 is 12.4 Å². The molecular formula is C8H14ClNO2. The molecule has 2 N–H and O–H groups in total. The number of carboxylic acid groups (broad SMARTS) is 1. The van der Waals surface area contributed by atoms with Crippen LogP contribution in [0.15, 0.2) is 12.2 Å². The summed E-state index contributed by atoms with van der Waals surface area (Å²) in [5.41, 5.74) is 0. The first-order valence-electron chi connectivity index (χ1n) is 3.91. The van der Waals surface area contributed by atoms with Crippen molar-refractivity contribution in [1.82, 2.24) is 5.32 Å². The molecule has 1 rings (SSSR count). The smallest absolute Gasteiger partial charge is 0.327 e. The first-order valence-corrected chi connectivity index (χ1v) is 3.91. The Labute approximate surface area is 78.3 Å². The normalized spacial score (nSPS) is 23.5. The summed E-state index contributed by atoms with van der Waals surface area (Å²) in [6, 6.07) is 0. The fourth-order valence-electron chi connectivity index (χ4n) is 1.26. The summed E-state index contributed by atoms with van der Waals surface area (Å²) in [4.78, 5) is 10.1. The molecule has 1 atom stereocenters. The quantitative estimate of drug-likeness (QED) is 0.642. The molecule has 4 heteroatoms. The lowest BCUT2D eigenvalue weighted by atomic mass is 9.99. The van der Waals surface area contributed by atoms with Gasteiger partial charge in [0.15, 0.2) is 0 Å². The van der Waals surface area contributed by atoms with E-state index in [4.69, 9.17) is 5.11 Å². The maximum atomic E-state index is 10.1. The van der Waals surface area contributed by atoms with Crippen molar-refractivity contribution < 1.29 is 9.90 Å². The van der Waals surface area contributed by atoms with Gasteiger partial charge in [-0.25, -0.2) is 4.79 Å². The zero-order valence-electron chi connectivity index (χ0n) is 6.82. The molecule has 0 amide bonds. The average molecular weight is 192 g/mol. The van der Waals surface area contributed by atoms with Crippen molar-refractivity contribution in [2.75, 3.05) is 13.1 Å². The minimum atomic E-state index is -0.851. The summed E-state index contributed by atoms with van der Waals surface area (Å²) < 4.78 is 0. The van der Waals surface area contributed by atoms with E-state index in [1.165, 1.54) is 6.08 Å². The monoisotopic (exact) mass is 191 g/mol. The SMILES string of the molecule is Cl.O=C(O)/C=C/C1CCCNC1. The van der Waals surface area contributed by atoms with Crippen LogP contribution in [0.5, 0.6) is 0 Å². The predicted octanol–water partition coefficient (Wildman–Crippen LogP) is 1.05. The van der Waals surface area contributed by atoms with E-state index in [9.17, 15) is 4.79 Å². The molecule has 1 heterocycles. The third-order valence-electron chi connectivity index (χ3n) is 1.85. The van der Waals surface area contributed by atoms with Gasteiger partial charge in [0.05, 0.1) is 0 Å². The lowest BCUT2D eigenvalue weighted by Gasteiger charge is -2.18. The molecule has 0 aromatic rings. The molecule has 0 spiro atoms. The van der Waals surface area contributed by atoms with Crippen molar-refractivity contribution >= 4 is 18.4 Å². The van der Waals surface area contributed by atoms with Gasteiger partial charge in [-0.05, 0) is 25.3 Å². The molecule has 0 aromatic heterocycles. The van der Waals surface area contributed by atoms with Crippen LogP contribution in [0.1, 0.15) is 12.8 Å². The highest BCUT2D eigenvalue weighted by Gasteiger charge is 2.08. The van der Waals surface area contributed by atoms with Crippen LogP contribution in [0.2, 0.25) is 0 Å². The molecule has 0 saturated carbocycles. The zero-order valence-corrected chi connectivity index (χ0v) is 7.64. The highest BCUT2D eigenvalue weighted by Crippen LogP contribution is 2.10. The van der Waals surface area contributed by atoms with Crippen molar-refractivity contribution in [3.63, 3.8) is 0 Å². The number of hydrogen-bond donors (Lipinski definition) is 2. The second kappa shape index (κ2) is 6.03. The molecule has 1 saturated heterocycles. The standard InChI is InChI=1S/C8H13NO2.ClH/c10-8(11)4-3-7-2-1-5-9-6-7;/h3-4,7,9H,1-2,5-6H2,(H,10,11);1H/b4-3+;. The number of aliphatic carboxylic acids is 1. The number of hydrogen-bond acceptors (Lipinski definition) is 2. The first-order chi connectivity index (χ1) is 5.29. The van der Waals surface area contributed by atoms with E-state index in [1.807, 2.05) is 0 Å². The van der Waals surface area contributed by atoms with Gasteiger partial charge in [0.2, 0.25) is 0 Å². The molecule has 12 heavy (non-hydrogen) atoms. The number of carbonyl (C=O) groups is 1. The first kappa shape index (κ1) is 11.5. The third kappa shape index (κ3) is 4.36. The maximum absolute atomic E-state index is 10.1. The lowest BCUT2D eigenvalue weighted by molar-refractivity contribution is -0.131. The van der Waals surface area contributed by atoms with E-state index >= 15 is 0 Å². The lowest BCUT2D eigenvalue weighted by Crippen LogP contribution is -2.28. The van der Waals surface area contributed by atoms with Crippen molar-refractivity contribution in [2.24, 2.45) is 5.92 Å². The number of halogens is 1. The van der Waals surface area contributed by atoms with Crippen LogP contribution in [0, 0.1) is 5.92 Å². The fourth-order valence-corrected chi connectivity index (χ4v) is 1.26. The van der Waals surface area contributed by atoms with Gasteiger partial charge in [-0.2, -0.15) is 0 Å². The molecule has 0 bridgehead atoms. The van der Waals surface area contributed by atoms with Crippen molar-refractivity contribution in [3.05, 3.63) is 12.2 Å². The van der Waals surface area contributed by atoms with Crippen LogP contribution < -0.4 is 5.32 Å². The Morgan fingerprint density at radius 1 is 1.58 bits per heavy atom.